The molecule has 22 heavy (non-hydrogen) atoms. The topological polar surface area (TPSA) is 49.3 Å². The van der Waals surface area contributed by atoms with Gasteiger partial charge in [0.15, 0.2) is 0 Å². The summed E-state index contributed by atoms with van der Waals surface area (Å²) in [6, 6.07) is 1.98. The van der Waals surface area contributed by atoms with E-state index in [1.54, 1.807) is 0 Å². The van der Waals surface area contributed by atoms with E-state index in [0.717, 1.165) is 25.0 Å². The largest absolute Gasteiger partial charge is 0.417 e. The fourth-order valence-electron chi connectivity index (χ4n) is 2.73. The summed E-state index contributed by atoms with van der Waals surface area (Å²) in [7, 11) is 0. The van der Waals surface area contributed by atoms with Crippen LogP contribution in [0.25, 0.3) is 0 Å². The van der Waals surface area contributed by atoms with Crippen LogP contribution < -0.4 is 5.32 Å². The second-order valence-corrected chi connectivity index (χ2v) is 5.58. The molecule has 1 amide bonds. The first kappa shape index (κ1) is 16.7. The van der Waals surface area contributed by atoms with E-state index in [9.17, 15) is 27.5 Å². The predicted octanol–water partition coefficient (Wildman–Crippen LogP) is 3.13. The first-order chi connectivity index (χ1) is 10.3. The third-order valence-electron chi connectivity index (χ3n) is 3.84. The Labute approximate surface area is 125 Å². The highest BCUT2D eigenvalue weighted by molar-refractivity contribution is 5.95. The minimum atomic E-state index is -4.80. The Morgan fingerprint density at radius 2 is 2.05 bits per heavy atom. The molecule has 7 heteroatoms. The van der Waals surface area contributed by atoms with Gasteiger partial charge < -0.3 is 10.4 Å². The molecule has 122 valence electrons. The smallest absolute Gasteiger partial charge is 0.393 e. The Balaban J connectivity index is 2.06. The number of hydrogen-bond donors (Lipinski definition) is 2. The first-order valence-corrected chi connectivity index (χ1v) is 7.10. The van der Waals surface area contributed by atoms with Crippen molar-refractivity contribution >= 4 is 5.91 Å². The normalized spacial score (nSPS) is 22.4. The lowest BCUT2D eigenvalue weighted by Gasteiger charge is -2.26. The fraction of sp³-hybridized carbons (Fsp3) is 0.533. The lowest BCUT2D eigenvalue weighted by Crippen LogP contribution is -2.34. The molecule has 0 heterocycles. The molecule has 1 aliphatic carbocycles. The molecule has 0 aromatic heterocycles. The van der Waals surface area contributed by atoms with Crippen molar-refractivity contribution in [2.45, 2.75) is 38.0 Å². The predicted molar refractivity (Wildman–Crippen MR) is 71.7 cm³/mol. The van der Waals surface area contributed by atoms with Crippen LogP contribution in [0, 0.1) is 11.7 Å². The Morgan fingerprint density at radius 1 is 1.32 bits per heavy atom. The van der Waals surface area contributed by atoms with Crippen molar-refractivity contribution < 1.29 is 27.5 Å². The molecule has 1 fully saturated rings. The maximum Gasteiger partial charge on any atom is 0.417 e. The van der Waals surface area contributed by atoms with E-state index in [-0.39, 0.29) is 12.5 Å². The molecule has 0 spiro atoms. The number of benzene rings is 1. The molecule has 2 rings (SSSR count). The summed E-state index contributed by atoms with van der Waals surface area (Å²) in [6.45, 7) is 0.199. The van der Waals surface area contributed by atoms with Gasteiger partial charge in [0, 0.05) is 6.54 Å². The summed E-state index contributed by atoms with van der Waals surface area (Å²) in [5, 5.41) is 12.0. The minimum Gasteiger partial charge on any atom is -0.393 e. The molecule has 2 atom stereocenters. The summed E-state index contributed by atoms with van der Waals surface area (Å²) < 4.78 is 51.6. The number of halogens is 4. The second-order valence-electron chi connectivity index (χ2n) is 5.58. The summed E-state index contributed by atoms with van der Waals surface area (Å²) in [5.41, 5.74) is -1.88. The van der Waals surface area contributed by atoms with E-state index in [4.69, 9.17) is 0 Å². The molecule has 0 radical (unpaired) electrons. The van der Waals surface area contributed by atoms with Crippen LogP contribution in [0.4, 0.5) is 17.6 Å². The van der Waals surface area contributed by atoms with Crippen molar-refractivity contribution in [3.63, 3.8) is 0 Å². The summed E-state index contributed by atoms with van der Waals surface area (Å²) in [6.07, 6.45) is -2.35. The van der Waals surface area contributed by atoms with Gasteiger partial charge in [-0.05, 0) is 43.4 Å². The SMILES string of the molecule is O=C(NCC1CCCC(O)C1)c1ccc(F)cc1C(F)(F)F. The molecule has 2 unspecified atom stereocenters. The number of carbonyl (C=O) groups excluding carboxylic acids is 1. The average molecular weight is 319 g/mol. The van der Waals surface area contributed by atoms with E-state index in [0.29, 0.717) is 18.9 Å². The van der Waals surface area contributed by atoms with Crippen molar-refractivity contribution in [1.29, 1.82) is 0 Å². The molecule has 1 aromatic carbocycles. The third-order valence-corrected chi connectivity index (χ3v) is 3.84. The van der Waals surface area contributed by atoms with Crippen molar-refractivity contribution in [2.24, 2.45) is 5.92 Å². The quantitative estimate of drug-likeness (QED) is 0.841. The standard InChI is InChI=1S/C15H17F4NO2/c16-10-4-5-12(13(7-10)15(17,18)19)14(22)20-8-9-2-1-3-11(21)6-9/h4-5,7,9,11,21H,1-3,6,8H2,(H,20,22). The molecule has 0 saturated heterocycles. The number of aliphatic hydroxyl groups is 1. The number of aliphatic hydroxyl groups excluding tert-OH is 1. The highest BCUT2D eigenvalue weighted by atomic mass is 19.4. The summed E-state index contributed by atoms with van der Waals surface area (Å²) in [4.78, 5) is 12.0. The van der Waals surface area contributed by atoms with Crippen LogP contribution in [0.5, 0.6) is 0 Å². The van der Waals surface area contributed by atoms with Crippen LogP contribution in [0.2, 0.25) is 0 Å². The number of nitrogens with one attached hydrogen (secondary N) is 1. The lowest BCUT2D eigenvalue weighted by molar-refractivity contribution is -0.138. The first-order valence-electron chi connectivity index (χ1n) is 7.10. The van der Waals surface area contributed by atoms with Crippen molar-refractivity contribution in [1.82, 2.24) is 5.32 Å². The van der Waals surface area contributed by atoms with Gasteiger partial charge >= 0.3 is 6.18 Å². The summed E-state index contributed by atoms with van der Waals surface area (Å²) in [5.74, 6) is -1.88. The van der Waals surface area contributed by atoms with Crippen LogP contribution >= 0.6 is 0 Å². The molecule has 1 aliphatic rings. The van der Waals surface area contributed by atoms with Crippen molar-refractivity contribution in [3.8, 4) is 0 Å². The van der Waals surface area contributed by atoms with Crippen LogP contribution in [0.1, 0.15) is 41.6 Å². The monoisotopic (exact) mass is 319 g/mol. The Bertz CT molecular complexity index is 545. The average Bonchev–Trinajstić information content (AvgIpc) is 2.44. The number of alkyl halides is 3. The Morgan fingerprint density at radius 3 is 2.68 bits per heavy atom. The zero-order valence-electron chi connectivity index (χ0n) is 11.8. The third kappa shape index (κ3) is 4.19. The van der Waals surface area contributed by atoms with Crippen molar-refractivity contribution in [2.75, 3.05) is 6.54 Å². The molecule has 1 aromatic rings. The molecule has 0 aliphatic heterocycles. The maximum absolute atomic E-state index is 13.0. The van der Waals surface area contributed by atoms with Gasteiger partial charge in [-0.15, -0.1) is 0 Å². The van der Waals surface area contributed by atoms with Crippen LogP contribution in [0.3, 0.4) is 0 Å². The zero-order valence-corrected chi connectivity index (χ0v) is 11.8. The second kappa shape index (κ2) is 6.64. The highest BCUT2D eigenvalue weighted by Crippen LogP contribution is 2.32. The van der Waals surface area contributed by atoms with Crippen LogP contribution in [0.15, 0.2) is 18.2 Å². The molecule has 1 saturated carbocycles. The lowest BCUT2D eigenvalue weighted by atomic mass is 9.87. The molecule has 3 nitrogen and oxygen atoms in total. The highest BCUT2D eigenvalue weighted by Gasteiger charge is 2.35. The minimum absolute atomic E-state index is 0.0440. The maximum atomic E-state index is 13.0. The van der Waals surface area contributed by atoms with E-state index in [1.807, 2.05) is 0 Å². The van der Waals surface area contributed by atoms with Gasteiger partial charge in [-0.3, -0.25) is 4.79 Å². The van der Waals surface area contributed by atoms with Gasteiger partial charge in [0.1, 0.15) is 5.82 Å². The fourth-order valence-corrected chi connectivity index (χ4v) is 2.73. The van der Waals surface area contributed by atoms with Gasteiger partial charge in [-0.25, -0.2) is 4.39 Å². The van der Waals surface area contributed by atoms with Crippen LogP contribution in [-0.2, 0) is 6.18 Å². The van der Waals surface area contributed by atoms with E-state index < -0.39 is 35.1 Å². The van der Waals surface area contributed by atoms with Gasteiger partial charge in [0.05, 0.1) is 17.2 Å². The Hall–Kier alpha value is -1.63. The van der Waals surface area contributed by atoms with Gasteiger partial charge in [0.2, 0.25) is 0 Å². The zero-order chi connectivity index (χ0) is 16.3. The Kier molecular flexibility index (Phi) is 5.05. The van der Waals surface area contributed by atoms with Crippen LogP contribution in [-0.4, -0.2) is 23.7 Å². The molecular weight excluding hydrogens is 302 g/mol. The van der Waals surface area contributed by atoms with Gasteiger partial charge in [-0.1, -0.05) is 6.42 Å². The number of amides is 1. The van der Waals surface area contributed by atoms with Gasteiger partial charge in [-0.2, -0.15) is 13.2 Å². The molecule has 0 bridgehead atoms. The molecular formula is C15H17F4NO2. The van der Waals surface area contributed by atoms with Crippen molar-refractivity contribution in [3.05, 3.63) is 35.1 Å². The number of hydrogen-bond acceptors (Lipinski definition) is 2. The van der Waals surface area contributed by atoms with E-state index in [2.05, 4.69) is 5.32 Å². The molecule has 2 N–H and O–H groups in total. The number of carbonyl (C=O) groups is 1. The summed E-state index contributed by atoms with van der Waals surface area (Å²) >= 11 is 0. The van der Waals surface area contributed by atoms with E-state index in [1.165, 1.54) is 0 Å². The number of rotatable bonds is 3. The van der Waals surface area contributed by atoms with E-state index >= 15 is 0 Å². The van der Waals surface area contributed by atoms with Gasteiger partial charge in [0.25, 0.3) is 5.91 Å².